The molecule has 0 aliphatic heterocycles. The van der Waals surface area contributed by atoms with Crippen LogP contribution in [0.4, 0.5) is 0 Å². The molecule has 0 atom stereocenters. The fourth-order valence-corrected chi connectivity index (χ4v) is 2.12. The molecule has 17 heavy (non-hydrogen) atoms. The average Bonchev–Trinajstić information content (AvgIpc) is 2.87. The number of furan rings is 1. The molecule has 0 N–H and O–H groups in total. The first-order chi connectivity index (χ1) is 8.06. The van der Waals surface area contributed by atoms with E-state index in [9.17, 15) is 4.79 Å². The number of nitrogens with zero attached hydrogens (tertiary/aromatic N) is 2. The van der Waals surface area contributed by atoms with E-state index in [0.29, 0.717) is 12.2 Å². The van der Waals surface area contributed by atoms with Gasteiger partial charge in [-0.1, -0.05) is 0 Å². The molecule has 2 rings (SSSR count). The highest BCUT2D eigenvalue weighted by Gasteiger charge is 2.15. The molecule has 2 aromatic heterocycles. The predicted molar refractivity (Wildman–Crippen MR) is 66.1 cm³/mol. The third-order valence-electron chi connectivity index (χ3n) is 2.37. The molecule has 2 heterocycles. The Balaban J connectivity index is 2.05. The minimum atomic E-state index is -0.0802. The van der Waals surface area contributed by atoms with Gasteiger partial charge >= 0.3 is 0 Å². The minimum Gasteiger partial charge on any atom is -0.464 e. The standard InChI is InChI=1S/C12H14N2O2S/c1-8-4-5-10(16-8)6-14(3)12(15)11-7-17-9(2)13-11/h4-5,7H,6H2,1-3H3. The smallest absolute Gasteiger partial charge is 0.273 e. The van der Waals surface area contributed by atoms with Crippen LogP contribution in [0, 0.1) is 13.8 Å². The largest absolute Gasteiger partial charge is 0.464 e. The highest BCUT2D eigenvalue weighted by molar-refractivity contribution is 7.09. The van der Waals surface area contributed by atoms with Crippen LogP contribution in [0.2, 0.25) is 0 Å². The lowest BCUT2D eigenvalue weighted by Crippen LogP contribution is -2.26. The van der Waals surface area contributed by atoms with E-state index in [1.165, 1.54) is 11.3 Å². The van der Waals surface area contributed by atoms with Crippen molar-refractivity contribution in [2.45, 2.75) is 20.4 Å². The molecule has 4 nitrogen and oxygen atoms in total. The van der Waals surface area contributed by atoms with Crippen molar-refractivity contribution in [2.24, 2.45) is 0 Å². The highest BCUT2D eigenvalue weighted by atomic mass is 32.1. The maximum Gasteiger partial charge on any atom is 0.273 e. The van der Waals surface area contributed by atoms with Crippen LogP contribution in [0.15, 0.2) is 21.9 Å². The van der Waals surface area contributed by atoms with Gasteiger partial charge in [-0.05, 0) is 26.0 Å². The topological polar surface area (TPSA) is 46.3 Å². The molecule has 0 saturated carbocycles. The number of carbonyl (C=O) groups is 1. The van der Waals surface area contributed by atoms with Gasteiger partial charge in [0.25, 0.3) is 5.91 Å². The zero-order chi connectivity index (χ0) is 12.4. The Labute approximate surface area is 104 Å². The fourth-order valence-electron chi connectivity index (χ4n) is 1.53. The summed E-state index contributed by atoms with van der Waals surface area (Å²) in [4.78, 5) is 17.8. The van der Waals surface area contributed by atoms with E-state index in [1.807, 2.05) is 26.0 Å². The van der Waals surface area contributed by atoms with Crippen LogP contribution in [0.3, 0.4) is 0 Å². The second-order valence-corrected chi connectivity index (χ2v) is 4.99. The first-order valence-corrected chi connectivity index (χ1v) is 6.17. The Bertz CT molecular complexity index is 530. The Morgan fingerprint density at radius 1 is 1.47 bits per heavy atom. The molecule has 5 heteroatoms. The van der Waals surface area contributed by atoms with E-state index in [-0.39, 0.29) is 5.91 Å². The maximum absolute atomic E-state index is 12.0. The quantitative estimate of drug-likeness (QED) is 0.841. The zero-order valence-electron chi connectivity index (χ0n) is 10.1. The molecule has 0 radical (unpaired) electrons. The van der Waals surface area contributed by atoms with E-state index in [2.05, 4.69) is 4.98 Å². The van der Waals surface area contributed by atoms with Gasteiger partial charge in [0.05, 0.1) is 11.6 Å². The van der Waals surface area contributed by atoms with Crippen molar-refractivity contribution in [3.63, 3.8) is 0 Å². The van der Waals surface area contributed by atoms with E-state index in [0.717, 1.165) is 16.5 Å². The van der Waals surface area contributed by atoms with Gasteiger partial charge in [0, 0.05) is 12.4 Å². The lowest BCUT2D eigenvalue weighted by molar-refractivity contribution is 0.0770. The summed E-state index contributed by atoms with van der Waals surface area (Å²) in [6.45, 7) is 4.23. The minimum absolute atomic E-state index is 0.0802. The van der Waals surface area contributed by atoms with Crippen molar-refractivity contribution in [2.75, 3.05) is 7.05 Å². The number of carbonyl (C=O) groups excluding carboxylic acids is 1. The Morgan fingerprint density at radius 3 is 2.76 bits per heavy atom. The van der Waals surface area contributed by atoms with Crippen LogP contribution in [0.5, 0.6) is 0 Å². The van der Waals surface area contributed by atoms with Gasteiger partial charge in [0.2, 0.25) is 0 Å². The van der Waals surface area contributed by atoms with E-state index in [4.69, 9.17) is 4.42 Å². The summed E-state index contributed by atoms with van der Waals surface area (Å²) in [5.74, 6) is 1.55. The molecule has 1 amide bonds. The van der Waals surface area contributed by atoms with E-state index >= 15 is 0 Å². The molecule has 0 spiro atoms. The van der Waals surface area contributed by atoms with Crippen molar-refractivity contribution in [1.29, 1.82) is 0 Å². The van der Waals surface area contributed by atoms with Gasteiger partial charge in [-0.25, -0.2) is 4.98 Å². The molecule has 0 aromatic carbocycles. The molecule has 90 valence electrons. The van der Waals surface area contributed by atoms with Crippen molar-refractivity contribution in [3.8, 4) is 0 Å². The number of aryl methyl sites for hydroxylation is 2. The summed E-state index contributed by atoms with van der Waals surface area (Å²) >= 11 is 1.48. The Kier molecular flexibility index (Phi) is 3.28. The average molecular weight is 250 g/mol. The monoisotopic (exact) mass is 250 g/mol. The predicted octanol–water partition coefficient (Wildman–Crippen LogP) is 2.63. The van der Waals surface area contributed by atoms with Gasteiger partial charge in [-0.2, -0.15) is 0 Å². The third-order valence-corrected chi connectivity index (χ3v) is 3.15. The van der Waals surface area contributed by atoms with Crippen molar-refractivity contribution in [3.05, 3.63) is 39.7 Å². The molecule has 0 saturated heterocycles. The normalized spacial score (nSPS) is 10.5. The molecule has 0 aliphatic carbocycles. The molecular formula is C12H14N2O2S. The summed E-state index contributed by atoms with van der Waals surface area (Å²) < 4.78 is 5.43. The molecule has 0 fully saturated rings. The maximum atomic E-state index is 12.0. The summed E-state index contributed by atoms with van der Waals surface area (Å²) in [7, 11) is 1.74. The summed E-state index contributed by atoms with van der Waals surface area (Å²) in [6.07, 6.45) is 0. The van der Waals surface area contributed by atoms with Gasteiger partial charge < -0.3 is 9.32 Å². The first-order valence-electron chi connectivity index (χ1n) is 5.29. The SMILES string of the molecule is Cc1ccc(CN(C)C(=O)c2csc(C)n2)o1. The van der Waals surface area contributed by atoms with Crippen LogP contribution in [-0.2, 0) is 6.54 Å². The molecular weight excluding hydrogens is 236 g/mol. The van der Waals surface area contributed by atoms with E-state index < -0.39 is 0 Å². The second-order valence-electron chi connectivity index (χ2n) is 3.93. The lowest BCUT2D eigenvalue weighted by atomic mass is 10.3. The third kappa shape index (κ3) is 2.74. The van der Waals surface area contributed by atoms with Crippen molar-refractivity contribution < 1.29 is 9.21 Å². The Morgan fingerprint density at radius 2 is 2.24 bits per heavy atom. The number of amides is 1. The number of hydrogen-bond donors (Lipinski definition) is 0. The number of hydrogen-bond acceptors (Lipinski definition) is 4. The van der Waals surface area contributed by atoms with Crippen LogP contribution in [-0.4, -0.2) is 22.8 Å². The first kappa shape index (κ1) is 11.9. The molecule has 2 aromatic rings. The molecule has 0 unspecified atom stereocenters. The fraction of sp³-hybridized carbons (Fsp3) is 0.333. The van der Waals surface area contributed by atoms with Gasteiger partial charge in [0.1, 0.15) is 17.2 Å². The van der Waals surface area contributed by atoms with E-state index in [1.54, 1.807) is 17.3 Å². The zero-order valence-corrected chi connectivity index (χ0v) is 10.9. The van der Waals surface area contributed by atoms with Crippen LogP contribution in [0.1, 0.15) is 27.0 Å². The molecule has 0 aliphatic rings. The van der Waals surface area contributed by atoms with Crippen molar-refractivity contribution in [1.82, 2.24) is 9.88 Å². The van der Waals surface area contributed by atoms with Crippen LogP contribution in [0.25, 0.3) is 0 Å². The second kappa shape index (κ2) is 4.71. The van der Waals surface area contributed by atoms with Crippen LogP contribution >= 0.6 is 11.3 Å². The molecule has 0 bridgehead atoms. The number of thiazole rings is 1. The Hall–Kier alpha value is -1.62. The summed E-state index contributed by atoms with van der Waals surface area (Å²) in [6, 6.07) is 3.77. The summed E-state index contributed by atoms with van der Waals surface area (Å²) in [5, 5.41) is 2.68. The highest BCUT2D eigenvalue weighted by Crippen LogP contribution is 2.13. The van der Waals surface area contributed by atoms with Gasteiger partial charge in [0.15, 0.2) is 0 Å². The lowest BCUT2D eigenvalue weighted by Gasteiger charge is -2.13. The van der Waals surface area contributed by atoms with Gasteiger partial charge in [-0.15, -0.1) is 11.3 Å². The van der Waals surface area contributed by atoms with Gasteiger partial charge in [-0.3, -0.25) is 4.79 Å². The summed E-state index contributed by atoms with van der Waals surface area (Å²) in [5.41, 5.74) is 0.498. The number of rotatable bonds is 3. The number of aromatic nitrogens is 1. The van der Waals surface area contributed by atoms with Crippen molar-refractivity contribution >= 4 is 17.2 Å². The van der Waals surface area contributed by atoms with Crippen LogP contribution < -0.4 is 0 Å².